The molecule has 6 rings (SSSR count). The van der Waals surface area contributed by atoms with Gasteiger partial charge in [-0.05, 0) is 41.8 Å². The predicted octanol–water partition coefficient (Wildman–Crippen LogP) is 3.60. The van der Waals surface area contributed by atoms with Crippen LogP contribution < -0.4 is 9.64 Å². The highest BCUT2D eigenvalue weighted by molar-refractivity contribution is 7.89. The van der Waals surface area contributed by atoms with Crippen LogP contribution in [-0.4, -0.2) is 73.2 Å². The maximum Gasteiger partial charge on any atom is 0.243 e. The molecule has 2 aliphatic rings. The first-order chi connectivity index (χ1) is 20.1. The molecule has 1 unspecified atom stereocenters. The molecule has 4 aromatic rings. The van der Waals surface area contributed by atoms with Crippen LogP contribution in [0.5, 0.6) is 5.88 Å². The van der Waals surface area contributed by atoms with Crippen molar-refractivity contribution in [3.8, 4) is 5.88 Å². The standard InChI is InChI=1S/C30H31N5O5S2/c1-20(36)34-14-13-30(18-34)19-35(28(37)16-27-31-24-10-12-26(40-3)32-29(24)41-27)25-11-9-22(15-23(25)30)42(38,39)33(2)17-21-7-5-4-6-8-21/h4-12,15H,13-14,16-19H2,1-3H3. The Morgan fingerprint density at radius 3 is 2.57 bits per heavy atom. The third-order valence-corrected chi connectivity index (χ3v) is 10.9. The van der Waals surface area contributed by atoms with E-state index in [1.165, 1.54) is 22.6 Å². The maximum atomic E-state index is 13.8. The van der Waals surface area contributed by atoms with Gasteiger partial charge in [-0.25, -0.2) is 18.4 Å². The Morgan fingerprint density at radius 1 is 1.07 bits per heavy atom. The van der Waals surface area contributed by atoms with E-state index in [0.29, 0.717) is 53.0 Å². The fourth-order valence-corrected chi connectivity index (χ4v) is 7.99. The zero-order chi connectivity index (χ0) is 29.6. The van der Waals surface area contributed by atoms with Crippen molar-refractivity contribution in [3.63, 3.8) is 0 Å². The van der Waals surface area contributed by atoms with Crippen molar-refractivity contribution in [1.82, 2.24) is 19.2 Å². The number of sulfonamides is 1. The molecule has 10 nitrogen and oxygen atoms in total. The summed E-state index contributed by atoms with van der Waals surface area (Å²) < 4.78 is 33.9. The fourth-order valence-electron chi connectivity index (χ4n) is 5.89. The van der Waals surface area contributed by atoms with Gasteiger partial charge in [0.15, 0.2) is 0 Å². The molecule has 1 atom stereocenters. The van der Waals surface area contributed by atoms with Crippen LogP contribution in [0.15, 0.2) is 65.6 Å². The summed E-state index contributed by atoms with van der Waals surface area (Å²) in [6, 6.07) is 18.0. The highest BCUT2D eigenvalue weighted by atomic mass is 32.2. The Kier molecular flexibility index (Phi) is 7.24. The number of benzene rings is 2. The number of carbonyl (C=O) groups excluding carboxylic acids is 2. The molecule has 1 fully saturated rings. The zero-order valence-corrected chi connectivity index (χ0v) is 25.2. The number of anilines is 1. The lowest BCUT2D eigenvalue weighted by molar-refractivity contribution is -0.127. The van der Waals surface area contributed by atoms with Crippen LogP contribution in [0, 0.1) is 0 Å². The van der Waals surface area contributed by atoms with Gasteiger partial charge in [0.05, 0.1) is 18.4 Å². The largest absolute Gasteiger partial charge is 0.481 e. The van der Waals surface area contributed by atoms with Crippen molar-refractivity contribution in [2.24, 2.45) is 0 Å². The summed E-state index contributed by atoms with van der Waals surface area (Å²) in [7, 11) is -0.702. The molecule has 2 aliphatic heterocycles. The molecular weight excluding hydrogens is 574 g/mol. The summed E-state index contributed by atoms with van der Waals surface area (Å²) in [4.78, 5) is 39.4. The SMILES string of the molecule is COc1ccc2nc(CC(=O)N3CC4(CCN(C(C)=O)C4)c4cc(S(=O)(=O)N(C)Cc5ccccc5)ccc43)sc2n1. The first-order valence-electron chi connectivity index (χ1n) is 13.6. The van der Waals surface area contributed by atoms with E-state index in [1.807, 2.05) is 36.4 Å². The highest BCUT2D eigenvalue weighted by Gasteiger charge is 2.49. The van der Waals surface area contributed by atoms with E-state index < -0.39 is 15.4 Å². The van der Waals surface area contributed by atoms with Crippen LogP contribution in [0.1, 0.15) is 29.5 Å². The minimum atomic E-state index is -3.82. The minimum absolute atomic E-state index is 0.0398. The van der Waals surface area contributed by atoms with Crippen LogP contribution in [0.4, 0.5) is 5.69 Å². The first-order valence-corrected chi connectivity index (χ1v) is 15.9. The molecule has 2 amide bonds. The van der Waals surface area contributed by atoms with Gasteiger partial charge in [-0.1, -0.05) is 41.7 Å². The molecule has 42 heavy (non-hydrogen) atoms. The maximum absolute atomic E-state index is 13.8. The van der Waals surface area contributed by atoms with Gasteiger partial charge in [-0.2, -0.15) is 4.31 Å². The van der Waals surface area contributed by atoms with Gasteiger partial charge in [0.2, 0.25) is 27.7 Å². The van der Waals surface area contributed by atoms with Gasteiger partial charge in [-0.15, -0.1) is 0 Å². The number of rotatable bonds is 7. The Morgan fingerprint density at radius 2 is 1.86 bits per heavy atom. The second-order valence-corrected chi connectivity index (χ2v) is 13.9. The molecule has 12 heteroatoms. The summed E-state index contributed by atoms with van der Waals surface area (Å²) in [5, 5.41) is 0.636. The predicted molar refractivity (Wildman–Crippen MR) is 160 cm³/mol. The number of carbonyl (C=O) groups is 2. The lowest BCUT2D eigenvalue weighted by Crippen LogP contribution is -2.40. The summed E-state index contributed by atoms with van der Waals surface area (Å²) in [6.45, 7) is 3.11. The number of amides is 2. The molecule has 4 heterocycles. The van der Waals surface area contributed by atoms with E-state index in [0.717, 1.165) is 11.1 Å². The van der Waals surface area contributed by atoms with Crippen molar-refractivity contribution in [2.45, 2.75) is 36.6 Å². The Hall–Kier alpha value is -3.87. The number of methoxy groups -OCH3 is 1. The zero-order valence-electron chi connectivity index (χ0n) is 23.6. The number of likely N-dealkylation sites (tertiary alicyclic amines) is 1. The molecule has 0 saturated carbocycles. The van der Waals surface area contributed by atoms with Crippen LogP contribution in [0.2, 0.25) is 0 Å². The van der Waals surface area contributed by atoms with Crippen LogP contribution in [0.25, 0.3) is 10.3 Å². The molecule has 0 radical (unpaired) electrons. The van der Waals surface area contributed by atoms with E-state index in [1.54, 1.807) is 48.2 Å². The molecule has 0 bridgehead atoms. The average molecular weight is 606 g/mol. The molecule has 0 aliphatic carbocycles. The topological polar surface area (TPSA) is 113 Å². The Labute approximate surface area is 248 Å². The second-order valence-electron chi connectivity index (χ2n) is 10.8. The van der Waals surface area contributed by atoms with Gasteiger partial charge < -0.3 is 14.5 Å². The lowest BCUT2D eigenvalue weighted by atomic mass is 9.81. The number of hydrogen-bond acceptors (Lipinski definition) is 8. The minimum Gasteiger partial charge on any atom is -0.481 e. The van der Waals surface area contributed by atoms with Crippen LogP contribution in [0.3, 0.4) is 0 Å². The summed E-state index contributed by atoms with van der Waals surface area (Å²) in [5.74, 6) is 0.301. The molecule has 0 N–H and O–H groups in total. The normalized spacial score (nSPS) is 18.3. The van der Waals surface area contributed by atoms with Crippen molar-refractivity contribution in [1.29, 1.82) is 0 Å². The average Bonchev–Trinajstić information content (AvgIpc) is 3.68. The molecular formula is C30H31N5O5S2. The van der Waals surface area contributed by atoms with E-state index in [2.05, 4.69) is 9.97 Å². The van der Waals surface area contributed by atoms with Gasteiger partial charge in [0.25, 0.3) is 0 Å². The van der Waals surface area contributed by atoms with Crippen molar-refractivity contribution < 1.29 is 22.7 Å². The number of fused-ring (bicyclic) bond motifs is 3. The Balaban J connectivity index is 1.32. The number of thiazole rings is 1. The summed E-state index contributed by atoms with van der Waals surface area (Å²) in [5.41, 5.74) is 2.49. The monoisotopic (exact) mass is 605 g/mol. The van der Waals surface area contributed by atoms with Gasteiger partial charge >= 0.3 is 0 Å². The van der Waals surface area contributed by atoms with Gasteiger partial charge in [0.1, 0.15) is 15.4 Å². The first kappa shape index (κ1) is 28.3. The van der Waals surface area contributed by atoms with Gasteiger partial charge in [-0.3, -0.25) is 9.59 Å². The quantitative estimate of drug-likeness (QED) is 0.316. The number of ether oxygens (including phenoxy) is 1. The van der Waals surface area contributed by atoms with Crippen LogP contribution >= 0.6 is 11.3 Å². The van der Waals surface area contributed by atoms with Crippen molar-refractivity contribution in [2.75, 3.05) is 38.7 Å². The molecule has 2 aromatic heterocycles. The van der Waals surface area contributed by atoms with Crippen molar-refractivity contribution >= 4 is 49.2 Å². The lowest BCUT2D eigenvalue weighted by Gasteiger charge is -2.25. The number of nitrogens with zero attached hydrogens (tertiary/aromatic N) is 5. The number of hydrogen-bond donors (Lipinski definition) is 0. The summed E-state index contributed by atoms with van der Waals surface area (Å²) >= 11 is 1.35. The van der Waals surface area contributed by atoms with Crippen molar-refractivity contribution in [3.05, 3.63) is 76.8 Å². The van der Waals surface area contributed by atoms with E-state index in [9.17, 15) is 18.0 Å². The number of aromatic nitrogens is 2. The summed E-state index contributed by atoms with van der Waals surface area (Å²) in [6.07, 6.45) is 0.715. The van der Waals surface area contributed by atoms with E-state index >= 15 is 0 Å². The third-order valence-electron chi connectivity index (χ3n) is 8.13. The third kappa shape index (κ3) is 5.03. The molecule has 2 aromatic carbocycles. The van der Waals surface area contributed by atoms with Gasteiger partial charge in [0, 0.05) is 57.3 Å². The highest BCUT2D eigenvalue weighted by Crippen LogP contribution is 2.47. The number of pyridine rings is 1. The smallest absolute Gasteiger partial charge is 0.243 e. The molecule has 218 valence electrons. The molecule has 1 saturated heterocycles. The fraction of sp³-hybridized carbons (Fsp3) is 0.333. The van der Waals surface area contributed by atoms with Crippen LogP contribution in [-0.2, 0) is 38.0 Å². The second kappa shape index (κ2) is 10.8. The van der Waals surface area contributed by atoms with E-state index in [-0.39, 0.29) is 29.7 Å². The molecule has 1 spiro atoms. The van der Waals surface area contributed by atoms with E-state index in [4.69, 9.17) is 4.74 Å². The Bertz CT molecular complexity index is 1790.